The van der Waals surface area contributed by atoms with Crippen LogP contribution in [0.5, 0.6) is 0 Å². The molecule has 1 unspecified atom stereocenters. The standard InChI is InChI=1S/C14H21FN2S/c1-4-17(8-11(3)14(16)18)9-12-7-13(15)6-5-10(12)2/h5-7,11H,4,8-9H2,1-3H3,(H2,16,18). The highest BCUT2D eigenvalue weighted by Crippen LogP contribution is 2.14. The Bertz CT molecular complexity index is 420. The van der Waals surface area contributed by atoms with Crippen molar-refractivity contribution < 1.29 is 4.39 Å². The Morgan fingerprint density at radius 3 is 2.72 bits per heavy atom. The van der Waals surface area contributed by atoms with Crippen molar-refractivity contribution >= 4 is 17.2 Å². The number of thiocarbonyl (C=S) groups is 1. The number of rotatable bonds is 6. The van der Waals surface area contributed by atoms with Crippen LogP contribution in [0.4, 0.5) is 4.39 Å². The maximum absolute atomic E-state index is 13.2. The first-order chi connectivity index (χ1) is 8.43. The molecule has 1 atom stereocenters. The lowest BCUT2D eigenvalue weighted by Gasteiger charge is -2.24. The van der Waals surface area contributed by atoms with Gasteiger partial charge in [-0.3, -0.25) is 4.90 Å². The first kappa shape index (κ1) is 15.1. The molecule has 0 aliphatic rings. The van der Waals surface area contributed by atoms with Gasteiger partial charge in [0.15, 0.2) is 0 Å². The Morgan fingerprint density at radius 2 is 2.17 bits per heavy atom. The van der Waals surface area contributed by atoms with Crippen LogP contribution >= 0.6 is 12.2 Å². The predicted molar refractivity (Wildman–Crippen MR) is 78.0 cm³/mol. The van der Waals surface area contributed by atoms with Crippen molar-refractivity contribution in [3.05, 3.63) is 35.1 Å². The number of nitrogens with zero attached hydrogens (tertiary/aromatic N) is 1. The van der Waals surface area contributed by atoms with Gasteiger partial charge in [0.25, 0.3) is 0 Å². The van der Waals surface area contributed by atoms with E-state index in [1.807, 2.05) is 19.9 Å². The second kappa shape index (κ2) is 6.81. The van der Waals surface area contributed by atoms with Gasteiger partial charge >= 0.3 is 0 Å². The summed E-state index contributed by atoms with van der Waals surface area (Å²) in [5, 5.41) is 0. The molecule has 2 nitrogen and oxygen atoms in total. The molecule has 0 saturated carbocycles. The van der Waals surface area contributed by atoms with Crippen molar-refractivity contribution in [1.29, 1.82) is 0 Å². The van der Waals surface area contributed by atoms with Gasteiger partial charge in [-0.25, -0.2) is 4.39 Å². The van der Waals surface area contributed by atoms with Crippen molar-refractivity contribution in [3.8, 4) is 0 Å². The Morgan fingerprint density at radius 1 is 1.50 bits per heavy atom. The van der Waals surface area contributed by atoms with Crippen molar-refractivity contribution in [2.45, 2.75) is 27.3 Å². The Kier molecular flexibility index (Phi) is 5.69. The van der Waals surface area contributed by atoms with Crippen molar-refractivity contribution in [2.75, 3.05) is 13.1 Å². The fraction of sp³-hybridized carbons (Fsp3) is 0.500. The molecule has 18 heavy (non-hydrogen) atoms. The fourth-order valence-electron chi connectivity index (χ4n) is 1.83. The first-order valence-electron chi connectivity index (χ1n) is 6.20. The third-order valence-corrected chi connectivity index (χ3v) is 3.57. The lowest BCUT2D eigenvalue weighted by molar-refractivity contribution is 0.263. The number of aryl methyl sites for hydroxylation is 1. The zero-order chi connectivity index (χ0) is 13.7. The second-order valence-electron chi connectivity index (χ2n) is 4.70. The van der Waals surface area contributed by atoms with Gasteiger partial charge in [-0.1, -0.05) is 32.1 Å². The van der Waals surface area contributed by atoms with Crippen LogP contribution in [0.2, 0.25) is 0 Å². The van der Waals surface area contributed by atoms with E-state index in [0.29, 0.717) is 4.99 Å². The Labute approximate surface area is 114 Å². The zero-order valence-corrected chi connectivity index (χ0v) is 12.1. The number of hydrogen-bond donors (Lipinski definition) is 1. The second-order valence-corrected chi connectivity index (χ2v) is 5.17. The lowest BCUT2D eigenvalue weighted by atomic mass is 10.1. The fourth-order valence-corrected chi connectivity index (χ4v) is 1.91. The van der Waals surface area contributed by atoms with Gasteiger partial charge in [-0.15, -0.1) is 0 Å². The molecule has 1 aromatic rings. The van der Waals surface area contributed by atoms with E-state index in [1.54, 1.807) is 6.07 Å². The van der Waals surface area contributed by atoms with Crippen molar-refractivity contribution in [2.24, 2.45) is 11.7 Å². The number of benzene rings is 1. The molecular weight excluding hydrogens is 247 g/mol. The number of hydrogen-bond acceptors (Lipinski definition) is 2. The molecule has 0 spiro atoms. The monoisotopic (exact) mass is 268 g/mol. The molecule has 0 amide bonds. The molecule has 1 aromatic carbocycles. The molecule has 0 aliphatic heterocycles. The van der Waals surface area contributed by atoms with E-state index in [2.05, 4.69) is 11.8 Å². The van der Waals surface area contributed by atoms with Crippen LogP contribution in [0.15, 0.2) is 18.2 Å². The molecule has 0 heterocycles. The predicted octanol–water partition coefficient (Wildman–Crippen LogP) is 2.88. The average molecular weight is 268 g/mol. The maximum Gasteiger partial charge on any atom is 0.123 e. The summed E-state index contributed by atoms with van der Waals surface area (Å²) in [5.41, 5.74) is 7.76. The molecular formula is C14H21FN2S. The number of halogens is 1. The van der Waals surface area contributed by atoms with Crippen LogP contribution in [-0.2, 0) is 6.54 Å². The van der Waals surface area contributed by atoms with Crippen LogP contribution in [-0.4, -0.2) is 23.0 Å². The van der Waals surface area contributed by atoms with Crippen molar-refractivity contribution in [1.82, 2.24) is 4.90 Å². The van der Waals surface area contributed by atoms with E-state index >= 15 is 0 Å². The minimum Gasteiger partial charge on any atom is -0.393 e. The Hall–Kier alpha value is -1.00. The van der Waals surface area contributed by atoms with Gasteiger partial charge in [0.05, 0.1) is 4.99 Å². The van der Waals surface area contributed by atoms with Crippen LogP contribution in [0.3, 0.4) is 0 Å². The van der Waals surface area contributed by atoms with E-state index in [0.717, 1.165) is 30.8 Å². The zero-order valence-electron chi connectivity index (χ0n) is 11.2. The van der Waals surface area contributed by atoms with E-state index in [4.69, 9.17) is 18.0 Å². The largest absolute Gasteiger partial charge is 0.393 e. The van der Waals surface area contributed by atoms with E-state index in [-0.39, 0.29) is 11.7 Å². The molecule has 0 saturated heterocycles. The number of nitrogens with two attached hydrogens (primary N) is 1. The van der Waals surface area contributed by atoms with Crippen LogP contribution < -0.4 is 5.73 Å². The lowest BCUT2D eigenvalue weighted by Crippen LogP contribution is -2.33. The molecule has 0 aromatic heterocycles. The minimum atomic E-state index is -0.186. The van der Waals surface area contributed by atoms with Gasteiger partial charge in [0, 0.05) is 19.0 Å². The minimum absolute atomic E-state index is 0.175. The summed E-state index contributed by atoms with van der Waals surface area (Å²) < 4.78 is 13.2. The summed E-state index contributed by atoms with van der Waals surface area (Å²) >= 11 is 4.99. The van der Waals surface area contributed by atoms with E-state index in [9.17, 15) is 4.39 Å². The average Bonchev–Trinajstić information content (AvgIpc) is 2.32. The highest BCUT2D eigenvalue weighted by Gasteiger charge is 2.12. The normalized spacial score (nSPS) is 12.7. The van der Waals surface area contributed by atoms with E-state index < -0.39 is 0 Å². The molecule has 0 fully saturated rings. The molecule has 1 rings (SSSR count). The highest BCUT2D eigenvalue weighted by atomic mass is 32.1. The van der Waals surface area contributed by atoms with Gasteiger partial charge in [0.1, 0.15) is 5.82 Å². The summed E-state index contributed by atoms with van der Waals surface area (Å²) in [5.74, 6) is -0.0112. The maximum atomic E-state index is 13.2. The molecule has 2 N–H and O–H groups in total. The topological polar surface area (TPSA) is 29.3 Å². The summed E-state index contributed by atoms with van der Waals surface area (Å²) in [6.45, 7) is 8.53. The molecule has 0 bridgehead atoms. The van der Waals surface area contributed by atoms with Gasteiger partial charge in [0.2, 0.25) is 0 Å². The van der Waals surface area contributed by atoms with Crippen LogP contribution in [0.25, 0.3) is 0 Å². The molecule has 0 radical (unpaired) electrons. The van der Waals surface area contributed by atoms with Gasteiger partial charge in [-0.2, -0.15) is 0 Å². The smallest absolute Gasteiger partial charge is 0.123 e. The summed E-state index contributed by atoms with van der Waals surface area (Å²) in [4.78, 5) is 2.76. The van der Waals surface area contributed by atoms with Crippen LogP contribution in [0, 0.1) is 18.7 Å². The molecule has 0 aliphatic carbocycles. The quantitative estimate of drug-likeness (QED) is 0.804. The Balaban J connectivity index is 2.73. The summed E-state index contributed by atoms with van der Waals surface area (Å²) in [6.07, 6.45) is 0. The first-order valence-corrected chi connectivity index (χ1v) is 6.61. The van der Waals surface area contributed by atoms with Gasteiger partial charge < -0.3 is 5.73 Å². The van der Waals surface area contributed by atoms with Gasteiger partial charge in [-0.05, 0) is 36.7 Å². The highest BCUT2D eigenvalue weighted by molar-refractivity contribution is 7.80. The van der Waals surface area contributed by atoms with Crippen molar-refractivity contribution in [3.63, 3.8) is 0 Å². The molecule has 4 heteroatoms. The third kappa shape index (κ3) is 4.35. The molecule has 100 valence electrons. The third-order valence-electron chi connectivity index (χ3n) is 3.17. The summed E-state index contributed by atoms with van der Waals surface area (Å²) in [6, 6.07) is 4.91. The van der Waals surface area contributed by atoms with Crippen LogP contribution in [0.1, 0.15) is 25.0 Å². The SMILES string of the molecule is CCN(Cc1cc(F)ccc1C)CC(C)C(N)=S. The summed E-state index contributed by atoms with van der Waals surface area (Å²) in [7, 11) is 0. The van der Waals surface area contributed by atoms with E-state index in [1.165, 1.54) is 6.07 Å².